The summed E-state index contributed by atoms with van der Waals surface area (Å²) in [5.74, 6) is 6.43. The van der Waals surface area contributed by atoms with Gasteiger partial charge in [0.2, 0.25) is 0 Å². The van der Waals surface area contributed by atoms with Crippen molar-refractivity contribution in [3.63, 3.8) is 0 Å². The summed E-state index contributed by atoms with van der Waals surface area (Å²) in [6.45, 7) is 3.40. The van der Waals surface area contributed by atoms with Gasteiger partial charge >= 0.3 is 0 Å². The van der Waals surface area contributed by atoms with Gasteiger partial charge in [0.1, 0.15) is 0 Å². The zero-order valence-electron chi connectivity index (χ0n) is 6.42. The summed E-state index contributed by atoms with van der Waals surface area (Å²) >= 11 is 0. The summed E-state index contributed by atoms with van der Waals surface area (Å²) in [7, 11) is 1.60. The highest BCUT2D eigenvalue weighted by molar-refractivity contribution is 5.43. The van der Waals surface area contributed by atoms with Crippen molar-refractivity contribution in [2.45, 2.75) is 6.42 Å². The third-order valence-electron chi connectivity index (χ3n) is 1.31. The van der Waals surface area contributed by atoms with Crippen LogP contribution in [-0.4, -0.2) is 13.8 Å². The average Bonchev–Trinajstić information content (AvgIpc) is 2.27. The highest BCUT2D eigenvalue weighted by Gasteiger charge is 1.99. The Morgan fingerprint density at radius 1 is 1.73 bits per heavy atom. The maximum absolute atomic E-state index is 5.03. The minimum atomic E-state index is 0.612. The van der Waals surface area contributed by atoms with Gasteiger partial charge < -0.3 is 4.74 Å². The molecule has 1 rings (SSSR count). The number of rotatable bonds is 2. The van der Waals surface area contributed by atoms with Gasteiger partial charge in [0, 0.05) is 6.42 Å². The van der Waals surface area contributed by atoms with Crippen molar-refractivity contribution in [1.29, 1.82) is 0 Å². The molecule has 0 aromatic heterocycles. The van der Waals surface area contributed by atoms with Crippen molar-refractivity contribution in [2.75, 3.05) is 7.11 Å². The number of ether oxygens (including phenoxy) is 1. The number of allylic oxidation sites excluding steroid dienone is 3. The van der Waals surface area contributed by atoms with E-state index in [0.29, 0.717) is 11.5 Å². The molecule has 1 aliphatic carbocycles. The molecule has 0 spiro atoms. The summed E-state index contributed by atoms with van der Waals surface area (Å²) in [5.41, 5.74) is 0.612. The predicted octanol–water partition coefficient (Wildman–Crippen LogP) is 1.51. The average molecular weight is 147 g/mol. The van der Waals surface area contributed by atoms with Gasteiger partial charge in [0.15, 0.2) is 11.5 Å². The molecule has 0 saturated carbocycles. The van der Waals surface area contributed by atoms with Gasteiger partial charge in [0.05, 0.1) is 7.11 Å². The van der Waals surface area contributed by atoms with Crippen molar-refractivity contribution in [3.05, 3.63) is 23.6 Å². The van der Waals surface area contributed by atoms with Crippen LogP contribution in [0, 0.1) is 11.8 Å². The van der Waals surface area contributed by atoms with Crippen LogP contribution in [-0.2, 0) is 4.74 Å². The largest absolute Gasteiger partial charge is 0.494 e. The van der Waals surface area contributed by atoms with E-state index in [1.165, 1.54) is 0 Å². The van der Waals surface area contributed by atoms with Crippen LogP contribution < -0.4 is 0 Å². The van der Waals surface area contributed by atoms with E-state index >= 15 is 0 Å². The van der Waals surface area contributed by atoms with Crippen molar-refractivity contribution < 1.29 is 4.74 Å². The minimum absolute atomic E-state index is 0.612. The van der Waals surface area contributed by atoms with Crippen molar-refractivity contribution in [1.82, 2.24) is 0 Å². The van der Waals surface area contributed by atoms with Crippen LogP contribution in [0.5, 0.6) is 0 Å². The molecule has 11 heavy (non-hydrogen) atoms. The molecule has 2 heteroatoms. The van der Waals surface area contributed by atoms with Gasteiger partial charge in [-0.3, -0.25) is 4.99 Å². The molecule has 0 heterocycles. The number of hydrogen-bond donors (Lipinski definition) is 0. The molecule has 0 aromatic rings. The van der Waals surface area contributed by atoms with E-state index in [4.69, 9.17) is 4.74 Å². The van der Waals surface area contributed by atoms with Crippen LogP contribution in [0.4, 0.5) is 0 Å². The van der Waals surface area contributed by atoms with Gasteiger partial charge in [-0.1, -0.05) is 12.0 Å². The Morgan fingerprint density at radius 3 is 3.18 bits per heavy atom. The SMILES string of the molecule is C=NC1=C(OC)C=CCC#C1. The van der Waals surface area contributed by atoms with Crippen molar-refractivity contribution in [2.24, 2.45) is 4.99 Å². The van der Waals surface area contributed by atoms with Gasteiger partial charge in [0.25, 0.3) is 0 Å². The third kappa shape index (κ3) is 1.71. The first-order chi connectivity index (χ1) is 5.38. The minimum Gasteiger partial charge on any atom is -0.494 e. The van der Waals surface area contributed by atoms with E-state index in [9.17, 15) is 0 Å². The Kier molecular flexibility index (Phi) is 2.51. The van der Waals surface area contributed by atoms with Gasteiger partial charge in [-0.15, -0.1) is 0 Å². The first kappa shape index (κ1) is 7.62. The van der Waals surface area contributed by atoms with Crippen LogP contribution in [0.2, 0.25) is 0 Å². The molecule has 0 N–H and O–H groups in total. The lowest BCUT2D eigenvalue weighted by molar-refractivity contribution is 0.303. The molecular weight excluding hydrogens is 138 g/mol. The van der Waals surface area contributed by atoms with Crippen LogP contribution in [0.1, 0.15) is 6.42 Å². The van der Waals surface area contributed by atoms with E-state index < -0.39 is 0 Å². The fraction of sp³-hybridized carbons (Fsp3) is 0.222. The molecule has 0 amide bonds. The zero-order chi connectivity index (χ0) is 8.10. The van der Waals surface area contributed by atoms with Crippen LogP contribution in [0.25, 0.3) is 0 Å². The molecular formula is C9H9NO. The first-order valence-electron chi connectivity index (χ1n) is 3.29. The fourth-order valence-electron chi connectivity index (χ4n) is 0.782. The second-order valence-electron chi connectivity index (χ2n) is 1.98. The first-order valence-corrected chi connectivity index (χ1v) is 3.29. The van der Waals surface area contributed by atoms with Gasteiger partial charge in [-0.25, -0.2) is 0 Å². The van der Waals surface area contributed by atoms with Gasteiger partial charge in [-0.05, 0) is 18.7 Å². The standard InChI is InChI=1S/C9H9NO/c1-10-8-6-4-3-5-7-9(8)11-2/h5,7H,1,3H2,2H3. The van der Waals surface area contributed by atoms with Crippen molar-refractivity contribution in [3.8, 4) is 11.8 Å². The quantitative estimate of drug-likeness (QED) is 0.428. The Balaban J connectivity index is 3.04. The second kappa shape index (κ2) is 3.62. The summed E-state index contributed by atoms with van der Waals surface area (Å²) in [6, 6.07) is 0. The van der Waals surface area contributed by atoms with E-state index in [1.54, 1.807) is 7.11 Å². The molecule has 0 radical (unpaired) electrons. The van der Waals surface area contributed by atoms with Crippen LogP contribution in [0.3, 0.4) is 0 Å². The molecule has 0 unspecified atom stereocenters. The maximum atomic E-state index is 5.03. The number of nitrogens with zero attached hydrogens (tertiary/aromatic N) is 1. The van der Waals surface area contributed by atoms with E-state index in [1.807, 2.05) is 12.2 Å². The zero-order valence-corrected chi connectivity index (χ0v) is 6.42. The molecule has 0 saturated heterocycles. The number of methoxy groups -OCH3 is 1. The van der Waals surface area contributed by atoms with Gasteiger partial charge in [-0.2, -0.15) is 0 Å². The molecule has 56 valence electrons. The molecule has 2 nitrogen and oxygen atoms in total. The molecule has 0 aliphatic heterocycles. The lowest BCUT2D eigenvalue weighted by Gasteiger charge is -1.99. The predicted molar refractivity (Wildman–Crippen MR) is 45.1 cm³/mol. The smallest absolute Gasteiger partial charge is 0.154 e. The van der Waals surface area contributed by atoms with Crippen LogP contribution >= 0.6 is 0 Å². The Bertz CT molecular complexity index is 276. The maximum Gasteiger partial charge on any atom is 0.154 e. The lowest BCUT2D eigenvalue weighted by atomic mass is 10.3. The highest BCUT2D eigenvalue weighted by atomic mass is 16.5. The summed E-state index contributed by atoms with van der Waals surface area (Å²) < 4.78 is 5.03. The topological polar surface area (TPSA) is 21.6 Å². The normalized spacial score (nSPS) is 15.0. The number of hydrogen-bond acceptors (Lipinski definition) is 2. The highest BCUT2D eigenvalue weighted by Crippen LogP contribution is 2.09. The molecule has 0 bridgehead atoms. The fourth-order valence-corrected chi connectivity index (χ4v) is 0.782. The third-order valence-corrected chi connectivity index (χ3v) is 1.31. The summed E-state index contributed by atoms with van der Waals surface area (Å²) in [5, 5.41) is 0. The second-order valence-corrected chi connectivity index (χ2v) is 1.98. The Hall–Kier alpha value is -1.49. The molecule has 1 aliphatic rings. The number of aliphatic imine (C=N–C) groups is 1. The molecule has 0 atom stereocenters. The van der Waals surface area contributed by atoms with E-state index in [2.05, 4.69) is 23.6 Å². The lowest BCUT2D eigenvalue weighted by Crippen LogP contribution is -1.86. The Labute approximate surface area is 66.3 Å². The molecule has 0 fully saturated rings. The monoisotopic (exact) mass is 147 g/mol. The summed E-state index contributed by atoms with van der Waals surface area (Å²) in [6.07, 6.45) is 4.52. The van der Waals surface area contributed by atoms with Crippen molar-refractivity contribution >= 4 is 6.72 Å². The Morgan fingerprint density at radius 2 is 2.55 bits per heavy atom. The summed E-state index contributed by atoms with van der Waals surface area (Å²) in [4.78, 5) is 3.74. The van der Waals surface area contributed by atoms with Crippen LogP contribution in [0.15, 0.2) is 28.6 Å². The van der Waals surface area contributed by atoms with E-state index in [0.717, 1.165) is 6.42 Å². The van der Waals surface area contributed by atoms with E-state index in [-0.39, 0.29) is 0 Å². The molecule has 0 aromatic carbocycles.